The van der Waals surface area contributed by atoms with Crippen LogP contribution in [-0.2, 0) is 4.79 Å². The van der Waals surface area contributed by atoms with Gasteiger partial charge in [-0.15, -0.1) is 5.10 Å². The molecule has 1 aliphatic rings. The molecule has 1 saturated heterocycles. The predicted octanol–water partition coefficient (Wildman–Crippen LogP) is 3.01. The Morgan fingerprint density at radius 3 is 2.96 bits per heavy atom. The molecule has 0 atom stereocenters. The summed E-state index contributed by atoms with van der Waals surface area (Å²) in [4.78, 5) is 22.9. The molecule has 140 valence electrons. The summed E-state index contributed by atoms with van der Waals surface area (Å²) in [5, 5.41) is 10.9. The smallest absolute Gasteiger partial charge is 0.264 e. The zero-order chi connectivity index (χ0) is 18.6. The van der Waals surface area contributed by atoms with Gasteiger partial charge in [0.25, 0.3) is 5.91 Å². The maximum atomic E-state index is 12.2. The summed E-state index contributed by atoms with van der Waals surface area (Å²) >= 11 is 6.17. The van der Waals surface area contributed by atoms with Gasteiger partial charge in [-0.1, -0.05) is 11.6 Å². The van der Waals surface area contributed by atoms with Crippen molar-refractivity contribution in [3.8, 4) is 5.75 Å². The van der Waals surface area contributed by atoms with E-state index in [-0.39, 0.29) is 12.5 Å². The molecule has 0 unspecified atom stereocenters. The molecule has 2 N–H and O–H groups in total. The van der Waals surface area contributed by atoms with Crippen LogP contribution in [0.25, 0.3) is 10.9 Å². The Balaban J connectivity index is 1.38. The summed E-state index contributed by atoms with van der Waals surface area (Å²) in [6, 6.07) is 7.08. The average Bonchev–Trinajstić information content (AvgIpc) is 3.17. The monoisotopic (exact) mass is 386 g/mol. The number of nitrogens with one attached hydrogen (secondary N) is 2. The predicted molar refractivity (Wildman–Crippen MR) is 103 cm³/mol. The fourth-order valence-electron chi connectivity index (χ4n) is 3.08. The van der Waals surface area contributed by atoms with Crippen LogP contribution in [0.2, 0.25) is 5.02 Å². The van der Waals surface area contributed by atoms with E-state index in [0.717, 1.165) is 31.3 Å². The van der Waals surface area contributed by atoms with E-state index in [1.165, 1.54) is 6.42 Å². The average molecular weight is 387 g/mol. The molecule has 1 amide bonds. The molecular formula is C18H19ClN6O2. The molecule has 1 aliphatic heterocycles. The first-order chi connectivity index (χ1) is 13.2. The van der Waals surface area contributed by atoms with E-state index in [0.29, 0.717) is 28.2 Å². The molecular weight excluding hydrogens is 368 g/mol. The van der Waals surface area contributed by atoms with E-state index in [2.05, 4.69) is 30.4 Å². The lowest BCUT2D eigenvalue weighted by Gasteiger charge is -2.24. The summed E-state index contributed by atoms with van der Waals surface area (Å²) < 4.78 is 5.63. The van der Waals surface area contributed by atoms with Gasteiger partial charge in [0.05, 0.1) is 5.02 Å². The first-order valence-electron chi connectivity index (χ1n) is 8.84. The Kier molecular flexibility index (Phi) is 5.06. The summed E-state index contributed by atoms with van der Waals surface area (Å²) in [5.74, 6) is 1.08. The molecule has 0 spiro atoms. The number of aromatic nitrogens is 4. The molecule has 4 rings (SSSR count). The van der Waals surface area contributed by atoms with Crippen LogP contribution in [0.5, 0.6) is 5.75 Å². The summed E-state index contributed by atoms with van der Waals surface area (Å²) in [7, 11) is 0. The fraction of sp³-hybridized carbons (Fsp3) is 0.333. The largest absolute Gasteiger partial charge is 0.481 e. The fourth-order valence-corrected chi connectivity index (χ4v) is 3.30. The number of hydrogen-bond acceptors (Lipinski definition) is 6. The standard InChI is InChI=1S/C18H19ClN6O2/c19-13-6-7-14(16-12(13)5-4-8-20-16)27-11-15(26)21-17-22-18(24-23-17)25-9-2-1-3-10-25/h4-8H,1-3,9-11H2,(H2,21,22,23,24,26). The van der Waals surface area contributed by atoms with Gasteiger partial charge in [0.2, 0.25) is 11.9 Å². The van der Waals surface area contributed by atoms with Crippen LogP contribution in [0.3, 0.4) is 0 Å². The number of aromatic amines is 1. The second-order valence-electron chi connectivity index (χ2n) is 6.31. The van der Waals surface area contributed by atoms with Crippen molar-refractivity contribution in [1.29, 1.82) is 0 Å². The number of ether oxygens (including phenoxy) is 1. The third-order valence-corrected chi connectivity index (χ3v) is 4.74. The molecule has 0 aliphatic carbocycles. The molecule has 0 saturated carbocycles. The van der Waals surface area contributed by atoms with Gasteiger partial charge in [0, 0.05) is 24.7 Å². The Bertz CT molecular complexity index is 954. The second-order valence-corrected chi connectivity index (χ2v) is 6.72. The van der Waals surface area contributed by atoms with Crippen LogP contribution in [0.1, 0.15) is 19.3 Å². The number of H-pyrrole nitrogens is 1. The minimum Gasteiger partial charge on any atom is -0.481 e. The molecule has 1 aromatic carbocycles. The molecule has 0 bridgehead atoms. The van der Waals surface area contributed by atoms with E-state index in [9.17, 15) is 4.79 Å². The number of anilines is 2. The summed E-state index contributed by atoms with van der Waals surface area (Å²) in [5.41, 5.74) is 0.616. The van der Waals surface area contributed by atoms with Crippen molar-refractivity contribution < 1.29 is 9.53 Å². The molecule has 3 heterocycles. The number of pyridine rings is 1. The number of amides is 1. The minimum atomic E-state index is -0.338. The third kappa shape index (κ3) is 3.95. The number of halogens is 1. The Hall–Kier alpha value is -2.87. The van der Waals surface area contributed by atoms with Crippen molar-refractivity contribution in [3.05, 3.63) is 35.5 Å². The zero-order valence-corrected chi connectivity index (χ0v) is 15.4. The molecule has 1 fully saturated rings. The van der Waals surface area contributed by atoms with Crippen LogP contribution >= 0.6 is 11.6 Å². The van der Waals surface area contributed by atoms with Crippen molar-refractivity contribution in [2.75, 3.05) is 29.9 Å². The van der Waals surface area contributed by atoms with Gasteiger partial charge in [-0.3, -0.25) is 15.1 Å². The number of hydrogen-bond donors (Lipinski definition) is 2. The van der Waals surface area contributed by atoms with Crippen molar-refractivity contribution in [1.82, 2.24) is 20.2 Å². The number of rotatable bonds is 5. The highest BCUT2D eigenvalue weighted by Gasteiger charge is 2.16. The second kappa shape index (κ2) is 7.79. The summed E-state index contributed by atoms with van der Waals surface area (Å²) in [6.07, 6.45) is 5.15. The maximum Gasteiger partial charge on any atom is 0.264 e. The Morgan fingerprint density at radius 1 is 1.26 bits per heavy atom. The first-order valence-corrected chi connectivity index (χ1v) is 9.22. The SMILES string of the molecule is O=C(COc1ccc(Cl)c2cccnc12)Nc1nc(N2CCCCC2)n[nH]1. The third-order valence-electron chi connectivity index (χ3n) is 4.41. The van der Waals surface area contributed by atoms with E-state index < -0.39 is 0 Å². The molecule has 2 aromatic heterocycles. The highest BCUT2D eigenvalue weighted by atomic mass is 35.5. The summed E-state index contributed by atoms with van der Waals surface area (Å²) in [6.45, 7) is 1.70. The highest BCUT2D eigenvalue weighted by Crippen LogP contribution is 2.29. The van der Waals surface area contributed by atoms with Crippen molar-refractivity contribution in [2.45, 2.75) is 19.3 Å². The zero-order valence-electron chi connectivity index (χ0n) is 14.6. The van der Waals surface area contributed by atoms with Crippen LogP contribution in [0.15, 0.2) is 30.5 Å². The van der Waals surface area contributed by atoms with E-state index in [1.54, 1.807) is 24.4 Å². The highest BCUT2D eigenvalue weighted by molar-refractivity contribution is 6.35. The quantitative estimate of drug-likeness (QED) is 0.699. The van der Waals surface area contributed by atoms with Gasteiger partial charge in [0.15, 0.2) is 6.61 Å². The topological polar surface area (TPSA) is 96.0 Å². The Morgan fingerprint density at radius 2 is 2.11 bits per heavy atom. The minimum absolute atomic E-state index is 0.174. The maximum absolute atomic E-state index is 12.2. The molecule has 8 nitrogen and oxygen atoms in total. The molecule has 3 aromatic rings. The van der Waals surface area contributed by atoms with Gasteiger partial charge in [-0.05, 0) is 43.5 Å². The van der Waals surface area contributed by atoms with E-state index >= 15 is 0 Å². The van der Waals surface area contributed by atoms with Gasteiger partial charge in [0.1, 0.15) is 11.3 Å². The van der Waals surface area contributed by atoms with Crippen LogP contribution < -0.4 is 15.0 Å². The number of fused-ring (bicyclic) bond motifs is 1. The molecule has 27 heavy (non-hydrogen) atoms. The molecule has 0 radical (unpaired) electrons. The number of nitrogens with zero attached hydrogens (tertiary/aromatic N) is 4. The van der Waals surface area contributed by atoms with Crippen molar-refractivity contribution in [2.24, 2.45) is 0 Å². The van der Waals surface area contributed by atoms with Gasteiger partial charge < -0.3 is 9.64 Å². The van der Waals surface area contributed by atoms with Crippen LogP contribution in [-0.4, -0.2) is 45.8 Å². The van der Waals surface area contributed by atoms with Gasteiger partial charge >= 0.3 is 0 Å². The van der Waals surface area contributed by atoms with Crippen LogP contribution in [0.4, 0.5) is 11.9 Å². The lowest BCUT2D eigenvalue weighted by Crippen LogP contribution is -2.30. The van der Waals surface area contributed by atoms with Gasteiger partial charge in [-0.25, -0.2) is 5.10 Å². The lowest BCUT2D eigenvalue weighted by atomic mass is 10.1. The van der Waals surface area contributed by atoms with Crippen LogP contribution in [0, 0.1) is 0 Å². The molecule has 9 heteroatoms. The lowest BCUT2D eigenvalue weighted by molar-refractivity contribution is -0.118. The number of piperidine rings is 1. The van der Waals surface area contributed by atoms with Crippen molar-refractivity contribution >= 4 is 40.3 Å². The van der Waals surface area contributed by atoms with Crippen molar-refractivity contribution in [3.63, 3.8) is 0 Å². The normalized spacial score (nSPS) is 14.3. The van der Waals surface area contributed by atoms with E-state index in [1.807, 2.05) is 6.07 Å². The number of benzene rings is 1. The van der Waals surface area contributed by atoms with Gasteiger partial charge in [-0.2, -0.15) is 4.98 Å². The Labute approximate surface area is 160 Å². The first kappa shape index (κ1) is 17.5. The number of carbonyl (C=O) groups is 1. The van der Waals surface area contributed by atoms with E-state index in [4.69, 9.17) is 16.3 Å². The number of carbonyl (C=O) groups excluding carboxylic acids is 1.